The summed E-state index contributed by atoms with van der Waals surface area (Å²) in [7, 11) is 0. The number of aromatic amines is 1. The van der Waals surface area contributed by atoms with Crippen molar-refractivity contribution >= 4 is 33.3 Å². The molecule has 3 heterocycles. The van der Waals surface area contributed by atoms with Crippen LogP contribution < -0.4 is 5.56 Å². The summed E-state index contributed by atoms with van der Waals surface area (Å²) in [5, 5.41) is 7.05. The van der Waals surface area contributed by atoms with Gasteiger partial charge in [0.05, 0.1) is 16.6 Å². The zero-order valence-electron chi connectivity index (χ0n) is 15.5. The van der Waals surface area contributed by atoms with E-state index in [1.165, 1.54) is 29.2 Å². The predicted molar refractivity (Wildman–Crippen MR) is 117 cm³/mol. The molecular formula is C22H14FN3O2S2. The van der Waals surface area contributed by atoms with Gasteiger partial charge in [-0.05, 0) is 17.7 Å². The van der Waals surface area contributed by atoms with Crippen LogP contribution in [0.2, 0.25) is 0 Å². The number of aromatic nitrogens is 3. The lowest BCUT2D eigenvalue weighted by Gasteiger charge is -2.01. The number of hydrogen-bond acceptors (Lipinski definition) is 6. The maximum Gasteiger partial charge on any atom is 0.260 e. The van der Waals surface area contributed by atoms with Gasteiger partial charge in [-0.3, -0.25) is 4.79 Å². The van der Waals surface area contributed by atoms with E-state index in [0.29, 0.717) is 38.1 Å². The van der Waals surface area contributed by atoms with E-state index >= 15 is 0 Å². The monoisotopic (exact) mass is 435 g/mol. The molecule has 30 heavy (non-hydrogen) atoms. The maximum absolute atomic E-state index is 13.9. The SMILES string of the molecule is O=c1[nH]c(SCc2cc(-c3ccccc3F)on2)nc2scc(-c3ccccc3)c12. The van der Waals surface area contributed by atoms with Gasteiger partial charge >= 0.3 is 0 Å². The molecule has 0 unspecified atom stereocenters. The number of benzene rings is 2. The van der Waals surface area contributed by atoms with Crippen molar-refractivity contribution in [3.8, 4) is 22.5 Å². The van der Waals surface area contributed by atoms with Crippen LogP contribution in [-0.2, 0) is 5.75 Å². The average Bonchev–Trinajstić information content (AvgIpc) is 3.41. The molecule has 0 aliphatic carbocycles. The zero-order valence-corrected chi connectivity index (χ0v) is 17.1. The van der Waals surface area contributed by atoms with Crippen molar-refractivity contribution in [1.29, 1.82) is 0 Å². The van der Waals surface area contributed by atoms with Gasteiger partial charge in [0.1, 0.15) is 10.6 Å². The number of H-pyrrole nitrogens is 1. The minimum absolute atomic E-state index is 0.171. The number of nitrogens with zero attached hydrogens (tertiary/aromatic N) is 2. The van der Waals surface area contributed by atoms with Crippen molar-refractivity contribution in [2.45, 2.75) is 10.9 Å². The molecule has 0 aliphatic heterocycles. The van der Waals surface area contributed by atoms with Gasteiger partial charge in [0.25, 0.3) is 5.56 Å². The van der Waals surface area contributed by atoms with Crippen molar-refractivity contribution in [1.82, 2.24) is 15.1 Å². The highest BCUT2D eigenvalue weighted by Crippen LogP contribution is 2.32. The van der Waals surface area contributed by atoms with Crippen LogP contribution >= 0.6 is 23.1 Å². The van der Waals surface area contributed by atoms with Crippen molar-refractivity contribution in [2.75, 3.05) is 0 Å². The molecule has 1 N–H and O–H groups in total. The molecule has 0 bridgehead atoms. The Morgan fingerprint density at radius 2 is 1.87 bits per heavy atom. The molecule has 5 aromatic rings. The first-order valence-corrected chi connectivity index (χ1v) is 11.0. The van der Waals surface area contributed by atoms with Crippen molar-refractivity contribution < 1.29 is 8.91 Å². The lowest BCUT2D eigenvalue weighted by atomic mass is 10.1. The smallest absolute Gasteiger partial charge is 0.260 e. The molecule has 0 radical (unpaired) electrons. The lowest BCUT2D eigenvalue weighted by molar-refractivity contribution is 0.424. The Bertz CT molecular complexity index is 1390. The van der Waals surface area contributed by atoms with E-state index in [1.807, 2.05) is 35.7 Å². The fraction of sp³-hybridized carbons (Fsp3) is 0.0455. The highest BCUT2D eigenvalue weighted by atomic mass is 32.2. The third-order valence-corrected chi connectivity index (χ3v) is 6.34. The highest BCUT2D eigenvalue weighted by molar-refractivity contribution is 7.98. The van der Waals surface area contributed by atoms with Crippen LogP contribution in [0.25, 0.3) is 32.7 Å². The van der Waals surface area contributed by atoms with Crippen LogP contribution in [0.4, 0.5) is 4.39 Å². The molecule has 0 fully saturated rings. The Morgan fingerprint density at radius 1 is 1.07 bits per heavy atom. The quantitative estimate of drug-likeness (QED) is 0.282. The molecule has 2 aromatic carbocycles. The number of thiophene rings is 1. The fourth-order valence-electron chi connectivity index (χ4n) is 3.14. The molecule has 0 spiro atoms. The summed E-state index contributed by atoms with van der Waals surface area (Å²) in [5.74, 6) is 0.436. The standard InChI is InChI=1S/C22H14FN3O2S2/c23-17-9-5-4-8-15(17)18-10-14(26-28-18)11-30-22-24-20(27)19-16(12-29-21(19)25-22)13-6-2-1-3-7-13/h1-10,12H,11H2,(H,24,25,27). The van der Waals surface area contributed by atoms with Gasteiger partial charge in [0.2, 0.25) is 0 Å². The van der Waals surface area contributed by atoms with Crippen molar-refractivity contribution in [2.24, 2.45) is 0 Å². The van der Waals surface area contributed by atoms with Gasteiger partial charge in [-0.15, -0.1) is 11.3 Å². The second-order valence-electron chi connectivity index (χ2n) is 6.52. The molecule has 0 amide bonds. The van der Waals surface area contributed by atoms with E-state index in [2.05, 4.69) is 15.1 Å². The van der Waals surface area contributed by atoms with Crippen LogP contribution in [0.15, 0.2) is 80.5 Å². The Hall–Kier alpha value is -3.23. The number of hydrogen-bond donors (Lipinski definition) is 1. The van der Waals surface area contributed by atoms with Crippen molar-refractivity contribution in [3.63, 3.8) is 0 Å². The van der Waals surface area contributed by atoms with Gasteiger partial charge in [-0.2, -0.15) is 0 Å². The van der Waals surface area contributed by atoms with Gasteiger partial charge < -0.3 is 9.51 Å². The second-order valence-corrected chi connectivity index (χ2v) is 8.34. The van der Waals surface area contributed by atoms with Crippen LogP contribution in [-0.4, -0.2) is 15.1 Å². The molecule has 0 saturated carbocycles. The number of nitrogens with one attached hydrogen (secondary N) is 1. The molecule has 0 saturated heterocycles. The van der Waals surface area contributed by atoms with Gasteiger partial charge in [0, 0.05) is 22.8 Å². The summed E-state index contributed by atoms with van der Waals surface area (Å²) in [6.45, 7) is 0. The number of halogens is 1. The first kappa shape index (κ1) is 18.8. The van der Waals surface area contributed by atoms with E-state index in [0.717, 1.165) is 11.1 Å². The molecule has 0 atom stereocenters. The molecule has 3 aromatic heterocycles. The normalized spacial score (nSPS) is 11.2. The Morgan fingerprint density at radius 3 is 2.70 bits per heavy atom. The summed E-state index contributed by atoms with van der Waals surface area (Å²) in [5.41, 5.74) is 2.69. The third kappa shape index (κ3) is 3.55. The lowest BCUT2D eigenvalue weighted by Crippen LogP contribution is -2.08. The molecule has 0 aliphatic rings. The molecule has 8 heteroatoms. The Balaban J connectivity index is 1.38. The van der Waals surface area contributed by atoms with Crippen LogP contribution in [0.5, 0.6) is 0 Å². The predicted octanol–water partition coefficient (Wildman–Crippen LogP) is 5.74. The second kappa shape index (κ2) is 7.89. The summed E-state index contributed by atoms with van der Waals surface area (Å²) >= 11 is 2.79. The number of rotatable bonds is 5. The Kier molecular flexibility index (Phi) is 4.94. The fourth-order valence-corrected chi connectivity index (χ4v) is 4.88. The van der Waals surface area contributed by atoms with E-state index in [-0.39, 0.29) is 11.4 Å². The van der Waals surface area contributed by atoms with E-state index in [9.17, 15) is 9.18 Å². The third-order valence-electron chi connectivity index (χ3n) is 4.56. The van der Waals surface area contributed by atoms with Crippen LogP contribution in [0.1, 0.15) is 5.69 Å². The van der Waals surface area contributed by atoms with Crippen LogP contribution in [0, 0.1) is 5.82 Å². The minimum Gasteiger partial charge on any atom is -0.356 e. The summed E-state index contributed by atoms with van der Waals surface area (Å²) in [6, 6.07) is 17.8. The molecule has 148 valence electrons. The zero-order chi connectivity index (χ0) is 20.5. The first-order valence-electron chi connectivity index (χ1n) is 9.09. The van der Waals surface area contributed by atoms with E-state index in [4.69, 9.17) is 4.52 Å². The maximum atomic E-state index is 13.9. The van der Waals surface area contributed by atoms with E-state index in [1.54, 1.807) is 24.3 Å². The average molecular weight is 436 g/mol. The largest absolute Gasteiger partial charge is 0.356 e. The summed E-state index contributed by atoms with van der Waals surface area (Å²) < 4.78 is 19.2. The Labute approximate surface area is 178 Å². The molecule has 5 nitrogen and oxygen atoms in total. The molecule has 5 rings (SSSR count). The van der Waals surface area contributed by atoms with Gasteiger partial charge in [0.15, 0.2) is 10.9 Å². The van der Waals surface area contributed by atoms with Crippen molar-refractivity contribution in [3.05, 3.63) is 87.9 Å². The summed E-state index contributed by atoms with van der Waals surface area (Å²) in [4.78, 5) is 20.8. The van der Waals surface area contributed by atoms with Crippen LogP contribution in [0.3, 0.4) is 0 Å². The topological polar surface area (TPSA) is 71.8 Å². The van der Waals surface area contributed by atoms with Gasteiger partial charge in [-0.1, -0.05) is 59.4 Å². The van der Waals surface area contributed by atoms with E-state index < -0.39 is 0 Å². The highest BCUT2D eigenvalue weighted by Gasteiger charge is 2.15. The number of thioether (sulfide) groups is 1. The summed E-state index contributed by atoms with van der Waals surface area (Å²) in [6.07, 6.45) is 0. The first-order chi connectivity index (χ1) is 14.7. The van der Waals surface area contributed by atoms with Gasteiger partial charge in [-0.25, -0.2) is 9.37 Å². The number of fused-ring (bicyclic) bond motifs is 1. The minimum atomic E-state index is -0.365. The molecular weight excluding hydrogens is 421 g/mol.